The maximum Gasteiger partial charge on any atom is 0.411 e. The zero-order valence-corrected chi connectivity index (χ0v) is 18.6. The molecule has 4 rings (SSSR count). The highest BCUT2D eigenvalue weighted by Crippen LogP contribution is 2.31. The molecule has 8 heteroatoms. The Balaban J connectivity index is 1.42. The van der Waals surface area contributed by atoms with Crippen LogP contribution in [0, 0.1) is 0 Å². The maximum absolute atomic E-state index is 13.3. The molecule has 6 nitrogen and oxygen atoms in total. The van der Waals surface area contributed by atoms with E-state index in [0.717, 1.165) is 10.8 Å². The van der Waals surface area contributed by atoms with E-state index in [-0.39, 0.29) is 22.8 Å². The summed E-state index contributed by atoms with van der Waals surface area (Å²) >= 11 is 4.52. The van der Waals surface area contributed by atoms with E-state index in [9.17, 15) is 13.2 Å². The van der Waals surface area contributed by atoms with Crippen molar-refractivity contribution in [2.24, 2.45) is 0 Å². The fourth-order valence-corrected chi connectivity index (χ4v) is 6.12. The van der Waals surface area contributed by atoms with E-state index in [1.807, 2.05) is 48.5 Å². The predicted molar refractivity (Wildman–Crippen MR) is 125 cm³/mol. The van der Waals surface area contributed by atoms with Crippen molar-refractivity contribution in [1.82, 2.24) is 4.31 Å². The van der Waals surface area contributed by atoms with Crippen molar-refractivity contribution >= 4 is 45.2 Å². The van der Waals surface area contributed by atoms with E-state index in [2.05, 4.69) is 17.9 Å². The van der Waals surface area contributed by atoms with Crippen LogP contribution in [-0.4, -0.2) is 43.3 Å². The molecule has 1 amide bonds. The molecule has 0 bridgehead atoms. The van der Waals surface area contributed by atoms with Gasteiger partial charge in [-0.1, -0.05) is 48.5 Å². The molecular formula is C23H24N2O4S2. The summed E-state index contributed by atoms with van der Waals surface area (Å²) in [7, 11) is -3.68. The van der Waals surface area contributed by atoms with Gasteiger partial charge in [-0.3, -0.25) is 5.32 Å². The summed E-state index contributed by atoms with van der Waals surface area (Å²) in [6.07, 6.45) is 0.460. The lowest BCUT2D eigenvalue weighted by atomic mass is 10.1. The molecule has 0 aromatic heterocycles. The van der Waals surface area contributed by atoms with Gasteiger partial charge in [0.15, 0.2) is 0 Å². The van der Waals surface area contributed by atoms with Crippen LogP contribution in [0.25, 0.3) is 10.8 Å². The van der Waals surface area contributed by atoms with E-state index in [4.69, 9.17) is 4.74 Å². The molecule has 0 aliphatic carbocycles. The zero-order valence-electron chi connectivity index (χ0n) is 16.8. The van der Waals surface area contributed by atoms with Gasteiger partial charge in [-0.2, -0.15) is 16.9 Å². The van der Waals surface area contributed by atoms with E-state index >= 15 is 0 Å². The third-order valence-electron chi connectivity index (χ3n) is 5.37. The lowest BCUT2D eigenvalue weighted by Crippen LogP contribution is -2.36. The number of nitrogens with one attached hydrogen (secondary N) is 1. The summed E-state index contributed by atoms with van der Waals surface area (Å²) in [5.41, 5.74) is 0.643. The first-order valence-electron chi connectivity index (χ1n) is 10.1. The number of ether oxygens (including phenoxy) is 1. The van der Waals surface area contributed by atoms with Gasteiger partial charge in [0.25, 0.3) is 0 Å². The summed E-state index contributed by atoms with van der Waals surface area (Å²) in [4.78, 5) is 12.3. The molecule has 0 saturated carbocycles. The van der Waals surface area contributed by atoms with Crippen LogP contribution in [0.5, 0.6) is 0 Å². The van der Waals surface area contributed by atoms with Gasteiger partial charge in [-0.15, -0.1) is 0 Å². The number of amides is 1. The molecular weight excluding hydrogens is 432 g/mol. The van der Waals surface area contributed by atoms with Crippen LogP contribution >= 0.6 is 12.6 Å². The average Bonchev–Trinajstić information content (AvgIpc) is 3.15. The van der Waals surface area contributed by atoms with Crippen molar-refractivity contribution in [2.45, 2.75) is 29.0 Å². The van der Waals surface area contributed by atoms with Crippen LogP contribution in [0.1, 0.15) is 12.8 Å². The van der Waals surface area contributed by atoms with Crippen molar-refractivity contribution in [3.05, 3.63) is 72.8 Å². The van der Waals surface area contributed by atoms with Gasteiger partial charge in [0.1, 0.15) is 0 Å². The van der Waals surface area contributed by atoms with Crippen LogP contribution in [0.3, 0.4) is 0 Å². The largest absolute Gasteiger partial charge is 0.449 e. The first-order chi connectivity index (χ1) is 14.9. The maximum atomic E-state index is 13.3. The van der Waals surface area contributed by atoms with E-state index in [0.29, 0.717) is 25.1 Å². The number of rotatable bonds is 6. The highest BCUT2D eigenvalue weighted by molar-refractivity contribution is 7.89. The normalized spacial score (nSPS) is 19.4. The fraction of sp³-hybridized carbons (Fsp3) is 0.261. The molecule has 1 fully saturated rings. The van der Waals surface area contributed by atoms with Crippen molar-refractivity contribution < 1.29 is 17.9 Å². The number of carbonyl (C=O) groups is 1. The molecule has 3 aromatic rings. The number of para-hydroxylation sites is 1. The van der Waals surface area contributed by atoms with E-state index in [1.54, 1.807) is 24.3 Å². The molecule has 3 aromatic carbocycles. The highest BCUT2D eigenvalue weighted by Gasteiger charge is 2.39. The number of nitrogens with zero attached hydrogens (tertiary/aromatic N) is 1. The number of anilines is 1. The second-order valence-corrected chi connectivity index (χ2v) is 10.2. The Morgan fingerprint density at radius 3 is 2.52 bits per heavy atom. The van der Waals surface area contributed by atoms with Gasteiger partial charge >= 0.3 is 6.09 Å². The average molecular weight is 457 g/mol. The van der Waals surface area contributed by atoms with Gasteiger partial charge in [-0.25, -0.2) is 13.2 Å². The SMILES string of the molecule is O=C(Nc1ccccc1)OCCC1CC(S)CN1S(=O)(=O)c1ccc2ccccc2c1. The second-order valence-electron chi connectivity index (χ2n) is 7.54. The molecule has 0 spiro atoms. The second kappa shape index (κ2) is 9.30. The fourth-order valence-electron chi connectivity index (χ4n) is 3.85. The minimum atomic E-state index is -3.68. The number of fused-ring (bicyclic) bond motifs is 1. The Morgan fingerprint density at radius 1 is 1.03 bits per heavy atom. The molecule has 1 heterocycles. The van der Waals surface area contributed by atoms with E-state index in [1.165, 1.54) is 4.31 Å². The Bertz CT molecular complexity index is 1170. The summed E-state index contributed by atoms with van der Waals surface area (Å²) < 4.78 is 33.5. The van der Waals surface area contributed by atoms with Crippen molar-refractivity contribution in [3.63, 3.8) is 0 Å². The number of hydrogen-bond acceptors (Lipinski definition) is 5. The lowest BCUT2D eigenvalue weighted by molar-refractivity contribution is 0.152. The third-order valence-corrected chi connectivity index (χ3v) is 7.66. The minimum Gasteiger partial charge on any atom is -0.449 e. The number of hydrogen-bond donors (Lipinski definition) is 2. The molecule has 2 atom stereocenters. The Morgan fingerprint density at radius 2 is 1.74 bits per heavy atom. The van der Waals surface area contributed by atoms with Gasteiger partial charge < -0.3 is 4.74 Å². The van der Waals surface area contributed by atoms with Crippen LogP contribution in [0.2, 0.25) is 0 Å². The van der Waals surface area contributed by atoms with Gasteiger partial charge in [0.2, 0.25) is 10.0 Å². The number of thiol groups is 1. The van der Waals surface area contributed by atoms with Crippen LogP contribution in [0.4, 0.5) is 10.5 Å². The Hall–Kier alpha value is -2.55. The summed E-state index contributed by atoms with van der Waals surface area (Å²) in [5.74, 6) is 0. The first kappa shape index (κ1) is 21.7. The predicted octanol–water partition coefficient (Wildman–Crippen LogP) is 4.54. The monoisotopic (exact) mass is 456 g/mol. The van der Waals surface area contributed by atoms with Gasteiger partial charge in [0.05, 0.1) is 11.5 Å². The van der Waals surface area contributed by atoms with Crippen molar-refractivity contribution in [1.29, 1.82) is 0 Å². The molecule has 0 radical (unpaired) electrons. The highest BCUT2D eigenvalue weighted by atomic mass is 32.2. The summed E-state index contributed by atoms with van der Waals surface area (Å²) in [5, 5.41) is 4.46. The zero-order chi connectivity index (χ0) is 21.8. The minimum absolute atomic E-state index is 0.0571. The molecule has 1 aliphatic heterocycles. The topological polar surface area (TPSA) is 75.7 Å². The third kappa shape index (κ3) is 5.03. The number of benzene rings is 3. The molecule has 162 valence electrons. The molecule has 1 saturated heterocycles. The molecule has 1 N–H and O–H groups in total. The lowest BCUT2D eigenvalue weighted by Gasteiger charge is -2.24. The van der Waals surface area contributed by atoms with Crippen LogP contribution < -0.4 is 5.32 Å². The first-order valence-corrected chi connectivity index (χ1v) is 12.1. The molecule has 31 heavy (non-hydrogen) atoms. The van der Waals surface area contributed by atoms with Gasteiger partial charge in [-0.05, 0) is 47.9 Å². The molecule has 2 unspecified atom stereocenters. The Kier molecular flexibility index (Phi) is 6.50. The van der Waals surface area contributed by atoms with Crippen LogP contribution in [0.15, 0.2) is 77.7 Å². The van der Waals surface area contributed by atoms with Crippen molar-refractivity contribution in [3.8, 4) is 0 Å². The molecule has 1 aliphatic rings. The standard InChI is InChI=1S/C23H24N2O4S2/c26-23(24-19-8-2-1-3-9-19)29-13-12-20-15-21(30)16-25(20)31(27,28)22-11-10-17-6-4-5-7-18(17)14-22/h1-11,14,20-21,30H,12-13,15-16H2,(H,24,26). The summed E-state index contributed by atoms with van der Waals surface area (Å²) in [6.45, 7) is 0.451. The number of sulfonamides is 1. The Labute approximate surface area is 187 Å². The van der Waals surface area contributed by atoms with Gasteiger partial charge in [0, 0.05) is 23.5 Å². The van der Waals surface area contributed by atoms with Crippen molar-refractivity contribution in [2.75, 3.05) is 18.5 Å². The van der Waals surface area contributed by atoms with E-state index < -0.39 is 16.1 Å². The summed E-state index contributed by atoms with van der Waals surface area (Å²) in [6, 6.07) is 21.6. The smallest absolute Gasteiger partial charge is 0.411 e. The quantitative estimate of drug-likeness (QED) is 0.534. The van der Waals surface area contributed by atoms with Crippen LogP contribution in [-0.2, 0) is 14.8 Å². The number of carbonyl (C=O) groups excluding carboxylic acids is 1.